The Balaban J connectivity index is 3.06. The number of ketones is 2. The van der Waals surface area contributed by atoms with Gasteiger partial charge in [-0.1, -0.05) is 27.7 Å². The Labute approximate surface area is 67.0 Å². The molecular formula is C9H14O2. The van der Waals surface area contributed by atoms with Crippen molar-refractivity contribution in [3.05, 3.63) is 0 Å². The van der Waals surface area contributed by atoms with Crippen molar-refractivity contribution in [2.24, 2.45) is 10.8 Å². The third-order valence-corrected chi connectivity index (χ3v) is 2.32. The van der Waals surface area contributed by atoms with Crippen LogP contribution in [0.1, 0.15) is 34.1 Å². The number of hydrogen-bond donors (Lipinski definition) is 0. The Kier molecular flexibility index (Phi) is 1.48. The van der Waals surface area contributed by atoms with Gasteiger partial charge in [0.15, 0.2) is 0 Å². The van der Waals surface area contributed by atoms with Gasteiger partial charge in [-0.05, 0) is 6.42 Å². The van der Waals surface area contributed by atoms with Gasteiger partial charge >= 0.3 is 0 Å². The number of carbonyl (C=O) groups is 2. The highest BCUT2D eigenvalue weighted by Gasteiger charge is 2.51. The highest BCUT2D eigenvalue weighted by atomic mass is 16.2. The van der Waals surface area contributed by atoms with Crippen LogP contribution in [0.15, 0.2) is 0 Å². The molecule has 2 heteroatoms. The van der Waals surface area contributed by atoms with Crippen molar-refractivity contribution in [2.45, 2.75) is 34.1 Å². The first-order valence-electron chi connectivity index (χ1n) is 3.87. The van der Waals surface area contributed by atoms with Crippen LogP contribution in [0.5, 0.6) is 0 Å². The van der Waals surface area contributed by atoms with Gasteiger partial charge in [0.1, 0.15) is 0 Å². The molecular weight excluding hydrogens is 140 g/mol. The van der Waals surface area contributed by atoms with Crippen molar-refractivity contribution < 1.29 is 9.59 Å². The normalized spacial score (nSPS) is 27.6. The van der Waals surface area contributed by atoms with E-state index in [1.165, 1.54) is 0 Å². The number of rotatable bonds is 0. The van der Waals surface area contributed by atoms with Gasteiger partial charge in [-0.15, -0.1) is 0 Å². The van der Waals surface area contributed by atoms with E-state index in [2.05, 4.69) is 0 Å². The summed E-state index contributed by atoms with van der Waals surface area (Å²) in [5, 5.41) is 0. The van der Waals surface area contributed by atoms with Crippen LogP contribution < -0.4 is 0 Å². The molecule has 0 spiro atoms. The minimum atomic E-state index is -0.430. The molecule has 1 fully saturated rings. The summed E-state index contributed by atoms with van der Waals surface area (Å²) in [6.45, 7) is 7.34. The molecule has 1 rings (SSSR count). The average molecular weight is 154 g/mol. The maximum Gasteiger partial charge on any atom is 0.204 e. The molecule has 0 aromatic heterocycles. The smallest absolute Gasteiger partial charge is 0.204 e. The fourth-order valence-electron chi connectivity index (χ4n) is 1.88. The first kappa shape index (κ1) is 8.44. The zero-order chi connectivity index (χ0) is 8.86. The predicted octanol–water partition coefficient (Wildman–Crippen LogP) is 1.58. The molecule has 0 unspecified atom stereocenters. The molecule has 0 aromatic rings. The molecule has 0 aliphatic heterocycles. The number of hydrogen-bond acceptors (Lipinski definition) is 2. The lowest BCUT2D eigenvalue weighted by molar-refractivity contribution is -0.140. The number of carbonyl (C=O) groups excluding carboxylic acids is 2. The summed E-state index contributed by atoms with van der Waals surface area (Å²) in [5.41, 5.74) is -0.860. The molecule has 0 heterocycles. The molecule has 0 aromatic carbocycles. The third kappa shape index (κ3) is 1.10. The summed E-state index contributed by atoms with van der Waals surface area (Å²) in [6.07, 6.45) is 0.678. The Bertz CT molecular complexity index is 200. The van der Waals surface area contributed by atoms with Gasteiger partial charge < -0.3 is 0 Å². The second-order valence-electron chi connectivity index (χ2n) is 4.60. The van der Waals surface area contributed by atoms with E-state index in [0.29, 0.717) is 6.42 Å². The fourth-order valence-corrected chi connectivity index (χ4v) is 1.88. The third-order valence-electron chi connectivity index (χ3n) is 2.32. The van der Waals surface area contributed by atoms with Crippen LogP contribution in [0.25, 0.3) is 0 Å². The van der Waals surface area contributed by atoms with E-state index in [1.54, 1.807) is 0 Å². The van der Waals surface area contributed by atoms with Gasteiger partial charge in [0.05, 0.1) is 0 Å². The van der Waals surface area contributed by atoms with Crippen LogP contribution in [0, 0.1) is 10.8 Å². The topological polar surface area (TPSA) is 34.1 Å². The second-order valence-corrected chi connectivity index (χ2v) is 4.60. The molecule has 0 amide bonds. The second kappa shape index (κ2) is 1.93. The van der Waals surface area contributed by atoms with Crippen molar-refractivity contribution in [2.75, 3.05) is 0 Å². The molecule has 1 aliphatic rings. The largest absolute Gasteiger partial charge is 0.290 e. The van der Waals surface area contributed by atoms with Gasteiger partial charge in [0.2, 0.25) is 11.6 Å². The highest BCUT2D eigenvalue weighted by Crippen LogP contribution is 2.43. The first-order valence-corrected chi connectivity index (χ1v) is 3.87. The van der Waals surface area contributed by atoms with Gasteiger partial charge in [0, 0.05) is 10.8 Å². The quantitative estimate of drug-likeness (QED) is 0.496. The van der Waals surface area contributed by atoms with Crippen LogP contribution in [0.3, 0.4) is 0 Å². The fraction of sp³-hybridized carbons (Fsp3) is 0.778. The van der Waals surface area contributed by atoms with E-state index in [-0.39, 0.29) is 11.6 Å². The molecule has 0 atom stereocenters. The monoisotopic (exact) mass is 154 g/mol. The lowest BCUT2D eigenvalue weighted by atomic mass is 9.84. The lowest BCUT2D eigenvalue weighted by Crippen LogP contribution is -2.23. The standard InChI is InChI=1S/C9H14O2/c1-8(2)5-9(3,4)7(11)6(8)10/h5H2,1-4H3. The Morgan fingerprint density at radius 2 is 1.18 bits per heavy atom. The lowest BCUT2D eigenvalue weighted by Gasteiger charge is -2.17. The Hall–Kier alpha value is -0.660. The molecule has 11 heavy (non-hydrogen) atoms. The SMILES string of the molecule is CC1(C)CC(C)(C)C(=O)C1=O. The Morgan fingerprint density at radius 3 is 1.27 bits per heavy atom. The van der Waals surface area contributed by atoms with Crippen molar-refractivity contribution in [3.63, 3.8) is 0 Å². The maximum atomic E-state index is 11.3. The van der Waals surface area contributed by atoms with Crippen molar-refractivity contribution in [3.8, 4) is 0 Å². The molecule has 62 valence electrons. The summed E-state index contributed by atoms with van der Waals surface area (Å²) >= 11 is 0. The molecule has 0 N–H and O–H groups in total. The molecule has 0 bridgehead atoms. The Morgan fingerprint density at radius 1 is 0.909 bits per heavy atom. The zero-order valence-electron chi connectivity index (χ0n) is 7.52. The van der Waals surface area contributed by atoms with Gasteiger partial charge in [-0.2, -0.15) is 0 Å². The minimum Gasteiger partial charge on any atom is -0.290 e. The maximum absolute atomic E-state index is 11.3. The van der Waals surface area contributed by atoms with E-state index < -0.39 is 10.8 Å². The van der Waals surface area contributed by atoms with E-state index in [0.717, 1.165) is 0 Å². The summed E-state index contributed by atoms with van der Waals surface area (Å²) in [5.74, 6) is -0.412. The van der Waals surface area contributed by atoms with Crippen molar-refractivity contribution >= 4 is 11.6 Å². The molecule has 0 radical (unpaired) electrons. The van der Waals surface area contributed by atoms with Gasteiger partial charge in [-0.25, -0.2) is 0 Å². The van der Waals surface area contributed by atoms with Gasteiger partial charge in [0.25, 0.3) is 0 Å². The van der Waals surface area contributed by atoms with E-state index in [4.69, 9.17) is 0 Å². The van der Waals surface area contributed by atoms with E-state index in [1.807, 2.05) is 27.7 Å². The number of Topliss-reactive ketones (excluding diaryl/α,β-unsaturated/α-hetero) is 2. The first-order chi connectivity index (χ1) is 4.77. The zero-order valence-corrected chi connectivity index (χ0v) is 7.52. The van der Waals surface area contributed by atoms with Crippen LogP contribution >= 0.6 is 0 Å². The van der Waals surface area contributed by atoms with Crippen molar-refractivity contribution in [1.29, 1.82) is 0 Å². The molecule has 0 saturated heterocycles. The predicted molar refractivity (Wildman–Crippen MR) is 42.2 cm³/mol. The van der Waals surface area contributed by atoms with E-state index in [9.17, 15) is 9.59 Å². The average Bonchev–Trinajstić information content (AvgIpc) is 1.91. The summed E-state index contributed by atoms with van der Waals surface area (Å²) in [7, 11) is 0. The minimum absolute atomic E-state index is 0.206. The van der Waals surface area contributed by atoms with Crippen molar-refractivity contribution in [1.82, 2.24) is 0 Å². The summed E-state index contributed by atoms with van der Waals surface area (Å²) in [6, 6.07) is 0. The summed E-state index contributed by atoms with van der Waals surface area (Å²) < 4.78 is 0. The molecule has 1 aliphatic carbocycles. The molecule has 2 nitrogen and oxygen atoms in total. The van der Waals surface area contributed by atoms with E-state index >= 15 is 0 Å². The molecule has 1 saturated carbocycles. The summed E-state index contributed by atoms with van der Waals surface area (Å²) in [4.78, 5) is 22.6. The van der Waals surface area contributed by atoms with Crippen LogP contribution in [-0.2, 0) is 9.59 Å². The van der Waals surface area contributed by atoms with Crippen LogP contribution in [0.4, 0.5) is 0 Å². The van der Waals surface area contributed by atoms with Crippen LogP contribution in [0.2, 0.25) is 0 Å². The van der Waals surface area contributed by atoms with Gasteiger partial charge in [-0.3, -0.25) is 9.59 Å². The highest BCUT2D eigenvalue weighted by molar-refractivity contribution is 6.42. The van der Waals surface area contributed by atoms with Crippen LogP contribution in [-0.4, -0.2) is 11.6 Å².